The summed E-state index contributed by atoms with van der Waals surface area (Å²) in [6, 6.07) is 6.18. The third-order valence-electron chi connectivity index (χ3n) is 3.91. The smallest absolute Gasteiger partial charge is 0.251 e. The second-order valence-corrected chi connectivity index (χ2v) is 4.94. The molecule has 0 aromatic heterocycles. The van der Waals surface area contributed by atoms with E-state index < -0.39 is 0 Å². The Balaban J connectivity index is 2.16. The SMILES string of the molecule is CCN1C(=O)C2CNCCN2c2c(C)cccc21. The summed E-state index contributed by atoms with van der Waals surface area (Å²) in [7, 11) is 0. The third kappa shape index (κ3) is 1.52. The molecular formula is C14H19N3O. The van der Waals surface area contributed by atoms with Crippen LogP contribution in [0.5, 0.6) is 0 Å². The summed E-state index contributed by atoms with van der Waals surface area (Å²) in [5, 5.41) is 3.32. The average molecular weight is 245 g/mol. The van der Waals surface area contributed by atoms with Gasteiger partial charge in [-0.3, -0.25) is 4.79 Å². The molecule has 1 unspecified atom stereocenters. The summed E-state index contributed by atoms with van der Waals surface area (Å²) in [6.07, 6.45) is 0. The molecule has 2 aliphatic heterocycles. The molecule has 1 atom stereocenters. The van der Waals surface area contributed by atoms with Crippen LogP contribution >= 0.6 is 0 Å². The van der Waals surface area contributed by atoms with Gasteiger partial charge < -0.3 is 15.1 Å². The predicted molar refractivity (Wildman–Crippen MR) is 73.2 cm³/mol. The molecule has 2 aliphatic rings. The number of hydrogen-bond acceptors (Lipinski definition) is 3. The number of amides is 1. The summed E-state index contributed by atoms with van der Waals surface area (Å²) in [5.74, 6) is 0.225. The van der Waals surface area contributed by atoms with Gasteiger partial charge in [-0.15, -0.1) is 0 Å². The maximum Gasteiger partial charge on any atom is 0.251 e. The summed E-state index contributed by atoms with van der Waals surface area (Å²) in [6.45, 7) is 7.51. The number of rotatable bonds is 1. The van der Waals surface area contributed by atoms with Gasteiger partial charge in [0, 0.05) is 26.2 Å². The van der Waals surface area contributed by atoms with Gasteiger partial charge in [0.05, 0.1) is 11.4 Å². The van der Waals surface area contributed by atoms with Crippen LogP contribution in [0.25, 0.3) is 0 Å². The van der Waals surface area contributed by atoms with Crippen LogP contribution in [-0.4, -0.2) is 38.1 Å². The van der Waals surface area contributed by atoms with E-state index in [0.717, 1.165) is 31.9 Å². The van der Waals surface area contributed by atoms with Crippen molar-refractivity contribution >= 4 is 17.3 Å². The van der Waals surface area contributed by atoms with E-state index in [1.54, 1.807) is 0 Å². The quantitative estimate of drug-likeness (QED) is 0.806. The Labute approximate surface area is 108 Å². The van der Waals surface area contributed by atoms with Crippen molar-refractivity contribution < 1.29 is 4.79 Å². The first kappa shape index (κ1) is 11.5. The zero-order chi connectivity index (χ0) is 12.7. The molecule has 1 amide bonds. The van der Waals surface area contributed by atoms with Gasteiger partial charge in [0.15, 0.2) is 0 Å². The van der Waals surface area contributed by atoms with Gasteiger partial charge in [0.2, 0.25) is 0 Å². The largest absolute Gasteiger partial charge is 0.355 e. The molecule has 18 heavy (non-hydrogen) atoms. The summed E-state index contributed by atoms with van der Waals surface area (Å²) in [4.78, 5) is 16.7. The Morgan fingerprint density at radius 3 is 3.06 bits per heavy atom. The third-order valence-corrected chi connectivity index (χ3v) is 3.91. The van der Waals surface area contributed by atoms with Crippen LogP contribution in [0.15, 0.2) is 18.2 Å². The number of benzene rings is 1. The molecule has 96 valence electrons. The summed E-state index contributed by atoms with van der Waals surface area (Å²) < 4.78 is 0. The highest BCUT2D eigenvalue weighted by Crippen LogP contribution is 2.38. The number of likely N-dealkylation sites (N-methyl/N-ethyl adjacent to an activating group) is 1. The zero-order valence-electron chi connectivity index (χ0n) is 10.9. The number of para-hydroxylation sites is 1. The lowest BCUT2D eigenvalue weighted by Crippen LogP contribution is -2.62. The molecule has 0 saturated carbocycles. The summed E-state index contributed by atoms with van der Waals surface area (Å²) in [5.41, 5.74) is 3.57. The summed E-state index contributed by atoms with van der Waals surface area (Å²) >= 11 is 0. The first-order chi connectivity index (χ1) is 8.74. The maximum absolute atomic E-state index is 12.5. The highest BCUT2D eigenvalue weighted by atomic mass is 16.2. The number of anilines is 2. The van der Waals surface area contributed by atoms with Crippen LogP contribution in [0, 0.1) is 6.92 Å². The molecule has 1 aromatic carbocycles. The topological polar surface area (TPSA) is 35.6 Å². The minimum atomic E-state index is -0.0349. The molecule has 0 radical (unpaired) electrons. The Morgan fingerprint density at radius 2 is 2.28 bits per heavy atom. The highest BCUT2D eigenvalue weighted by Gasteiger charge is 2.39. The number of nitrogens with zero attached hydrogens (tertiary/aromatic N) is 2. The minimum absolute atomic E-state index is 0.0349. The fraction of sp³-hybridized carbons (Fsp3) is 0.500. The van der Waals surface area contributed by atoms with Crippen LogP contribution in [-0.2, 0) is 4.79 Å². The molecule has 1 fully saturated rings. The minimum Gasteiger partial charge on any atom is -0.355 e. The van der Waals surface area contributed by atoms with Crippen LogP contribution in [0.4, 0.5) is 11.4 Å². The predicted octanol–water partition coefficient (Wildman–Crippen LogP) is 1.14. The van der Waals surface area contributed by atoms with E-state index in [1.807, 2.05) is 17.9 Å². The fourth-order valence-electron chi connectivity index (χ4n) is 3.05. The number of aryl methyl sites for hydroxylation is 1. The zero-order valence-corrected chi connectivity index (χ0v) is 10.9. The lowest BCUT2D eigenvalue weighted by molar-refractivity contribution is -0.120. The molecule has 0 bridgehead atoms. The van der Waals surface area contributed by atoms with Crippen molar-refractivity contribution in [2.24, 2.45) is 0 Å². The molecule has 1 saturated heterocycles. The van der Waals surface area contributed by atoms with Crippen molar-refractivity contribution in [3.05, 3.63) is 23.8 Å². The second kappa shape index (κ2) is 4.28. The van der Waals surface area contributed by atoms with Crippen molar-refractivity contribution in [3.63, 3.8) is 0 Å². The molecule has 1 aromatic rings. The Morgan fingerprint density at radius 1 is 1.44 bits per heavy atom. The maximum atomic E-state index is 12.5. The Bertz CT molecular complexity index is 486. The number of nitrogens with one attached hydrogen (secondary N) is 1. The number of carbonyl (C=O) groups is 1. The van der Waals surface area contributed by atoms with E-state index >= 15 is 0 Å². The molecule has 4 nitrogen and oxygen atoms in total. The monoisotopic (exact) mass is 245 g/mol. The molecule has 0 aliphatic carbocycles. The lowest BCUT2D eigenvalue weighted by atomic mass is 10.0. The van der Waals surface area contributed by atoms with E-state index in [-0.39, 0.29) is 11.9 Å². The van der Waals surface area contributed by atoms with Crippen molar-refractivity contribution in [2.45, 2.75) is 19.9 Å². The highest BCUT2D eigenvalue weighted by molar-refractivity contribution is 6.06. The Kier molecular flexibility index (Phi) is 2.74. The van der Waals surface area contributed by atoms with E-state index in [2.05, 4.69) is 29.3 Å². The van der Waals surface area contributed by atoms with Crippen LogP contribution < -0.4 is 15.1 Å². The van der Waals surface area contributed by atoms with E-state index in [0.29, 0.717) is 0 Å². The number of carbonyl (C=O) groups excluding carboxylic acids is 1. The average Bonchev–Trinajstić information content (AvgIpc) is 2.39. The van der Waals surface area contributed by atoms with E-state index in [4.69, 9.17) is 0 Å². The lowest BCUT2D eigenvalue weighted by Gasteiger charge is -2.46. The van der Waals surface area contributed by atoms with Crippen molar-refractivity contribution in [3.8, 4) is 0 Å². The molecule has 3 rings (SSSR count). The van der Waals surface area contributed by atoms with Crippen molar-refractivity contribution in [1.82, 2.24) is 5.32 Å². The first-order valence-electron chi connectivity index (χ1n) is 6.62. The first-order valence-corrected chi connectivity index (χ1v) is 6.62. The molecule has 0 spiro atoms. The van der Waals surface area contributed by atoms with Crippen LogP contribution in [0.3, 0.4) is 0 Å². The fourth-order valence-corrected chi connectivity index (χ4v) is 3.05. The number of piperazine rings is 1. The Hall–Kier alpha value is -1.55. The standard InChI is InChI=1S/C14H19N3O/c1-3-16-11-6-4-5-10(2)13(11)17-8-7-15-9-12(17)14(16)18/h4-6,12,15H,3,7-9H2,1-2H3. The molecule has 2 heterocycles. The second-order valence-electron chi connectivity index (χ2n) is 4.94. The van der Waals surface area contributed by atoms with Gasteiger partial charge in [0.25, 0.3) is 5.91 Å². The van der Waals surface area contributed by atoms with Gasteiger partial charge in [-0.25, -0.2) is 0 Å². The molecule has 4 heteroatoms. The normalized spacial score (nSPS) is 22.8. The number of fused-ring (bicyclic) bond motifs is 3. The van der Waals surface area contributed by atoms with E-state index in [9.17, 15) is 4.79 Å². The van der Waals surface area contributed by atoms with Gasteiger partial charge in [-0.05, 0) is 25.5 Å². The number of hydrogen-bond donors (Lipinski definition) is 1. The van der Waals surface area contributed by atoms with Gasteiger partial charge in [-0.1, -0.05) is 12.1 Å². The van der Waals surface area contributed by atoms with E-state index in [1.165, 1.54) is 11.3 Å². The molecular weight excluding hydrogens is 226 g/mol. The van der Waals surface area contributed by atoms with Gasteiger partial charge in [0.1, 0.15) is 6.04 Å². The van der Waals surface area contributed by atoms with Crippen LogP contribution in [0.1, 0.15) is 12.5 Å². The van der Waals surface area contributed by atoms with Crippen LogP contribution in [0.2, 0.25) is 0 Å². The van der Waals surface area contributed by atoms with Crippen molar-refractivity contribution in [1.29, 1.82) is 0 Å². The van der Waals surface area contributed by atoms with Gasteiger partial charge >= 0.3 is 0 Å². The van der Waals surface area contributed by atoms with Crippen molar-refractivity contribution in [2.75, 3.05) is 36.0 Å². The molecule has 1 N–H and O–H groups in total. The van der Waals surface area contributed by atoms with Gasteiger partial charge in [-0.2, -0.15) is 0 Å².